The summed E-state index contributed by atoms with van der Waals surface area (Å²) in [5.41, 5.74) is -7.92. The lowest BCUT2D eigenvalue weighted by molar-refractivity contribution is -0.364. The zero-order valence-corrected chi connectivity index (χ0v) is 24.2. The Hall–Kier alpha value is -3.04. The van der Waals surface area contributed by atoms with E-state index in [1.54, 1.807) is 38.2 Å². The molecule has 0 spiro atoms. The van der Waals surface area contributed by atoms with Gasteiger partial charge in [-0.1, -0.05) is 25.0 Å². The van der Waals surface area contributed by atoms with E-state index in [9.17, 15) is 50.6 Å². The van der Waals surface area contributed by atoms with Crippen molar-refractivity contribution in [1.29, 1.82) is 0 Å². The van der Waals surface area contributed by atoms with Crippen LogP contribution in [0.25, 0.3) is 0 Å². The van der Waals surface area contributed by atoms with Crippen molar-refractivity contribution in [2.45, 2.75) is 113 Å². The average Bonchev–Trinajstić information content (AvgIpc) is 3.32. The van der Waals surface area contributed by atoms with Crippen LogP contribution in [0.5, 0.6) is 0 Å². The Morgan fingerprint density at radius 1 is 1.05 bits per heavy atom. The van der Waals surface area contributed by atoms with Gasteiger partial charge in [-0.3, -0.25) is 14.4 Å². The van der Waals surface area contributed by atoms with E-state index < -0.39 is 77.5 Å². The molecule has 10 nitrogen and oxygen atoms in total. The number of halogens is 6. The molecule has 2 aliphatic heterocycles. The number of carbonyl (C=O) groups is 4. The molecule has 0 aromatic rings. The Labute approximate surface area is 244 Å². The van der Waals surface area contributed by atoms with Crippen LogP contribution in [-0.4, -0.2) is 88.1 Å². The van der Waals surface area contributed by atoms with Gasteiger partial charge in [-0.15, -0.1) is 0 Å². The molecule has 3 aliphatic rings. The molecule has 4 atom stereocenters. The molecule has 4 N–H and O–H groups in total. The summed E-state index contributed by atoms with van der Waals surface area (Å²) in [6.07, 6.45) is -6.71. The number of fused-ring (bicyclic) bond motifs is 2. The van der Waals surface area contributed by atoms with Gasteiger partial charge < -0.3 is 30.7 Å². The highest BCUT2D eigenvalue weighted by molar-refractivity contribution is 5.98. The molecule has 43 heavy (non-hydrogen) atoms. The largest absolute Gasteiger partial charge is 0.444 e. The van der Waals surface area contributed by atoms with E-state index in [1.807, 2.05) is 0 Å². The van der Waals surface area contributed by atoms with Crippen LogP contribution in [0, 0.1) is 5.92 Å². The molecule has 4 amide bonds. The number of ether oxygens (including phenoxy) is 1. The molecule has 2 heterocycles. The second-order valence-electron chi connectivity index (χ2n) is 12.3. The molecule has 1 aliphatic carbocycles. The van der Waals surface area contributed by atoms with Crippen molar-refractivity contribution in [3.8, 4) is 0 Å². The second kappa shape index (κ2) is 12.5. The fraction of sp³-hybridized carbons (Fsp3) is 0.778. The predicted molar refractivity (Wildman–Crippen MR) is 139 cm³/mol. The molecule has 0 aromatic carbocycles. The maximum atomic E-state index is 13.6. The number of nitrogens with one attached hydrogen (secondary N) is 3. The number of nitrogens with zero attached hydrogens (tertiary/aromatic N) is 1. The van der Waals surface area contributed by atoms with Gasteiger partial charge in [-0.05, 0) is 59.3 Å². The Kier molecular flexibility index (Phi) is 10.0. The van der Waals surface area contributed by atoms with Gasteiger partial charge in [0.05, 0.1) is 6.54 Å². The number of amides is 4. The van der Waals surface area contributed by atoms with Gasteiger partial charge >= 0.3 is 18.4 Å². The molecule has 0 radical (unpaired) electrons. The van der Waals surface area contributed by atoms with Crippen molar-refractivity contribution in [2.24, 2.45) is 5.92 Å². The fourth-order valence-corrected chi connectivity index (χ4v) is 5.27. The van der Waals surface area contributed by atoms with Crippen LogP contribution in [-0.2, 0) is 19.1 Å². The zero-order chi connectivity index (χ0) is 32.4. The van der Waals surface area contributed by atoms with E-state index in [2.05, 4.69) is 10.6 Å². The topological polar surface area (TPSA) is 137 Å². The van der Waals surface area contributed by atoms with Gasteiger partial charge in [0.1, 0.15) is 23.2 Å². The van der Waals surface area contributed by atoms with Crippen LogP contribution in [0.15, 0.2) is 12.2 Å². The summed E-state index contributed by atoms with van der Waals surface area (Å²) in [5, 5.41) is 16.1. The molecule has 244 valence electrons. The highest BCUT2D eigenvalue weighted by atomic mass is 19.4. The molecular weight excluding hydrogens is 590 g/mol. The SMILES string of the molecule is CC(C)(C)OC(=O)N[C@H]1CCCCCC=C[C@@H]2C[C@@]2(C(=O)NCC(O)(C(F)(F)F)C(F)(F)F)NC(=O)[C@@H]2CCCN2C1=O. The lowest BCUT2D eigenvalue weighted by Gasteiger charge is -2.33. The van der Waals surface area contributed by atoms with Crippen molar-refractivity contribution in [2.75, 3.05) is 13.1 Å². The van der Waals surface area contributed by atoms with Gasteiger partial charge in [0.15, 0.2) is 0 Å². The molecule has 0 unspecified atom stereocenters. The summed E-state index contributed by atoms with van der Waals surface area (Å²) >= 11 is 0. The van der Waals surface area contributed by atoms with Crippen molar-refractivity contribution < 1.29 is 55.4 Å². The van der Waals surface area contributed by atoms with Crippen molar-refractivity contribution in [3.63, 3.8) is 0 Å². The van der Waals surface area contributed by atoms with E-state index >= 15 is 0 Å². The molecule has 16 heteroatoms. The monoisotopic (exact) mass is 628 g/mol. The Bertz CT molecular complexity index is 1090. The van der Waals surface area contributed by atoms with Crippen molar-refractivity contribution >= 4 is 23.8 Å². The highest BCUT2D eigenvalue weighted by Gasteiger charge is 2.71. The fourth-order valence-electron chi connectivity index (χ4n) is 5.27. The standard InChI is InChI=1S/C27H38F6N4O6/c1-23(2,3)43-22(41)35-17-11-8-6-4-5-7-10-16-14-24(16,36-19(38)18-12-9-13-37(18)20(17)39)21(40)34-15-25(42,26(28,29)30)27(31,32)33/h7,10,16-18,42H,4-6,8-9,11-15H2,1-3H3,(H,34,40)(H,35,41)(H,36,38)/t16-,17+,18+,24-/m1/s1. The van der Waals surface area contributed by atoms with E-state index in [4.69, 9.17) is 4.74 Å². The first kappa shape index (κ1) is 34.5. The highest BCUT2D eigenvalue weighted by Crippen LogP contribution is 2.47. The average molecular weight is 629 g/mol. The first-order valence-electron chi connectivity index (χ1n) is 14.1. The number of alkyl halides is 6. The molecule has 0 bridgehead atoms. The molecule has 0 aromatic heterocycles. The van der Waals surface area contributed by atoms with Crippen LogP contribution < -0.4 is 16.0 Å². The van der Waals surface area contributed by atoms with Crippen LogP contribution in [0.3, 0.4) is 0 Å². The minimum Gasteiger partial charge on any atom is -0.444 e. The van der Waals surface area contributed by atoms with E-state index in [1.165, 1.54) is 4.90 Å². The summed E-state index contributed by atoms with van der Waals surface area (Å²) in [5.74, 6) is -3.43. The van der Waals surface area contributed by atoms with Gasteiger partial charge in [-0.25, -0.2) is 4.79 Å². The lowest BCUT2D eigenvalue weighted by atomic mass is 10.0. The maximum Gasteiger partial charge on any atom is 0.428 e. The van der Waals surface area contributed by atoms with Crippen LogP contribution in [0.2, 0.25) is 0 Å². The Balaban J connectivity index is 1.84. The van der Waals surface area contributed by atoms with Crippen LogP contribution >= 0.6 is 0 Å². The summed E-state index contributed by atoms with van der Waals surface area (Å²) in [6.45, 7) is 2.91. The first-order valence-corrected chi connectivity index (χ1v) is 14.1. The third kappa shape index (κ3) is 7.92. The number of hydrogen-bond donors (Lipinski definition) is 4. The normalized spacial score (nSPS) is 27.7. The van der Waals surface area contributed by atoms with Crippen LogP contribution in [0.4, 0.5) is 31.1 Å². The quantitative estimate of drug-likeness (QED) is 0.279. The smallest absolute Gasteiger partial charge is 0.428 e. The Morgan fingerprint density at radius 2 is 1.70 bits per heavy atom. The van der Waals surface area contributed by atoms with Crippen molar-refractivity contribution in [1.82, 2.24) is 20.9 Å². The minimum absolute atomic E-state index is 0.110. The van der Waals surface area contributed by atoms with Gasteiger partial charge in [-0.2, -0.15) is 26.3 Å². The van der Waals surface area contributed by atoms with Crippen molar-refractivity contribution in [3.05, 3.63) is 12.2 Å². The molecular formula is C27H38F6N4O6. The molecule has 1 saturated heterocycles. The number of allylic oxidation sites excluding steroid dienone is 1. The van der Waals surface area contributed by atoms with Gasteiger partial charge in [0.2, 0.25) is 17.7 Å². The number of carbonyl (C=O) groups excluding carboxylic acids is 4. The van der Waals surface area contributed by atoms with Crippen LogP contribution in [0.1, 0.15) is 72.1 Å². The molecule has 3 rings (SSSR count). The Morgan fingerprint density at radius 3 is 2.30 bits per heavy atom. The molecule has 2 fully saturated rings. The van der Waals surface area contributed by atoms with E-state index in [0.29, 0.717) is 32.1 Å². The number of aliphatic hydroxyl groups is 1. The lowest BCUT2D eigenvalue weighted by Crippen LogP contribution is -2.65. The zero-order valence-electron chi connectivity index (χ0n) is 24.2. The van der Waals surface area contributed by atoms with E-state index in [-0.39, 0.29) is 25.8 Å². The van der Waals surface area contributed by atoms with Gasteiger partial charge in [0, 0.05) is 12.5 Å². The number of alkyl carbamates (subject to hydrolysis) is 1. The first-order chi connectivity index (χ1) is 19.7. The summed E-state index contributed by atoms with van der Waals surface area (Å²) in [7, 11) is 0. The summed E-state index contributed by atoms with van der Waals surface area (Å²) in [4.78, 5) is 53.8. The summed E-state index contributed by atoms with van der Waals surface area (Å²) < 4.78 is 84.3. The number of hydrogen-bond acceptors (Lipinski definition) is 6. The third-order valence-electron chi connectivity index (χ3n) is 7.77. The second-order valence-corrected chi connectivity index (χ2v) is 12.3. The number of rotatable bonds is 4. The van der Waals surface area contributed by atoms with Gasteiger partial charge in [0.25, 0.3) is 5.60 Å². The minimum atomic E-state index is -6.14. The third-order valence-corrected chi connectivity index (χ3v) is 7.77. The summed E-state index contributed by atoms with van der Waals surface area (Å²) in [6, 6.07) is -2.12. The predicted octanol–water partition coefficient (Wildman–Crippen LogP) is 3.24. The maximum absolute atomic E-state index is 13.6. The van der Waals surface area contributed by atoms with E-state index in [0.717, 1.165) is 0 Å². The molecule has 1 saturated carbocycles.